The third kappa shape index (κ3) is 4.77. The maximum atomic E-state index is 12.9. The van der Waals surface area contributed by atoms with E-state index in [0.29, 0.717) is 41.5 Å². The van der Waals surface area contributed by atoms with E-state index in [-0.39, 0.29) is 27.9 Å². The van der Waals surface area contributed by atoms with Crippen LogP contribution in [0.5, 0.6) is 5.75 Å². The Balaban J connectivity index is 1.65. The van der Waals surface area contributed by atoms with Crippen molar-refractivity contribution in [1.29, 1.82) is 0 Å². The van der Waals surface area contributed by atoms with E-state index in [1.54, 1.807) is 35.0 Å². The molecule has 1 fully saturated rings. The molecule has 1 aromatic carbocycles. The summed E-state index contributed by atoms with van der Waals surface area (Å²) in [4.78, 5) is 32.8. The number of nitrogens with zero attached hydrogens (tertiary/aromatic N) is 3. The van der Waals surface area contributed by atoms with Crippen LogP contribution in [0.1, 0.15) is 27.1 Å². The summed E-state index contributed by atoms with van der Waals surface area (Å²) in [5, 5.41) is 0.856. The number of methoxy groups -OCH3 is 1. The third-order valence-electron chi connectivity index (χ3n) is 4.91. The van der Waals surface area contributed by atoms with Gasteiger partial charge in [0, 0.05) is 32.9 Å². The average molecular weight is 457 g/mol. The Morgan fingerprint density at radius 1 is 1.24 bits per heavy atom. The van der Waals surface area contributed by atoms with Gasteiger partial charge in [-0.1, -0.05) is 40.9 Å². The molecule has 1 aliphatic rings. The smallest absolute Gasteiger partial charge is 0.257 e. The monoisotopic (exact) mass is 455 g/mol. The minimum absolute atomic E-state index is 0.134. The van der Waals surface area contributed by atoms with Crippen molar-refractivity contribution in [2.24, 2.45) is 5.92 Å². The summed E-state index contributed by atoms with van der Waals surface area (Å²) in [6.07, 6.45) is 2.15. The van der Waals surface area contributed by atoms with Gasteiger partial charge in [-0.25, -0.2) is 4.98 Å². The van der Waals surface area contributed by atoms with Crippen LogP contribution in [-0.2, 0) is 0 Å². The molecule has 0 spiro atoms. The molecule has 9 heteroatoms. The van der Waals surface area contributed by atoms with Crippen LogP contribution in [0.2, 0.25) is 15.2 Å². The van der Waals surface area contributed by atoms with E-state index in [0.717, 1.165) is 6.42 Å². The van der Waals surface area contributed by atoms with Gasteiger partial charge < -0.3 is 14.5 Å². The minimum atomic E-state index is -0.236. The largest absolute Gasteiger partial charge is 0.494 e. The number of carbonyl (C=O) groups excluding carboxylic acids is 2. The predicted octanol–water partition coefficient (Wildman–Crippen LogP) is 4.28. The first-order chi connectivity index (χ1) is 13.8. The SMILES string of the molecule is COc1c(Cl)cccc1C(=O)N1CCC(CN(C)C(=O)c2cc(Cl)ncc2Cl)C1. The van der Waals surface area contributed by atoms with Crippen molar-refractivity contribution < 1.29 is 14.3 Å². The summed E-state index contributed by atoms with van der Waals surface area (Å²) >= 11 is 18.1. The lowest BCUT2D eigenvalue weighted by molar-refractivity contribution is 0.0757. The molecular formula is C20H20Cl3N3O3. The van der Waals surface area contributed by atoms with Gasteiger partial charge in [0.1, 0.15) is 10.9 Å². The molecule has 1 atom stereocenters. The molecule has 2 heterocycles. The maximum Gasteiger partial charge on any atom is 0.257 e. The van der Waals surface area contributed by atoms with E-state index in [4.69, 9.17) is 39.5 Å². The number of amides is 2. The normalized spacial score (nSPS) is 16.0. The van der Waals surface area contributed by atoms with E-state index in [1.807, 2.05) is 0 Å². The zero-order chi connectivity index (χ0) is 21.1. The topological polar surface area (TPSA) is 62.7 Å². The number of benzene rings is 1. The van der Waals surface area contributed by atoms with Crippen molar-refractivity contribution in [2.45, 2.75) is 6.42 Å². The van der Waals surface area contributed by atoms with Crippen LogP contribution in [0, 0.1) is 5.92 Å². The highest BCUT2D eigenvalue weighted by Gasteiger charge is 2.30. The Bertz CT molecular complexity index is 938. The fourth-order valence-corrected chi connectivity index (χ4v) is 4.07. The Labute approximate surface area is 184 Å². The van der Waals surface area contributed by atoms with Crippen molar-refractivity contribution in [3.63, 3.8) is 0 Å². The number of carbonyl (C=O) groups is 2. The van der Waals surface area contributed by atoms with Gasteiger partial charge in [-0.15, -0.1) is 0 Å². The van der Waals surface area contributed by atoms with Gasteiger partial charge in [0.15, 0.2) is 0 Å². The van der Waals surface area contributed by atoms with Crippen LogP contribution in [0.25, 0.3) is 0 Å². The number of ether oxygens (including phenoxy) is 1. The molecule has 0 N–H and O–H groups in total. The number of rotatable bonds is 5. The Kier molecular flexibility index (Phi) is 6.88. The lowest BCUT2D eigenvalue weighted by atomic mass is 10.1. The molecular weight excluding hydrogens is 437 g/mol. The molecule has 0 bridgehead atoms. The van der Waals surface area contributed by atoms with E-state index in [1.165, 1.54) is 19.4 Å². The number of likely N-dealkylation sites (tertiary alicyclic amines) is 1. The lowest BCUT2D eigenvalue weighted by Crippen LogP contribution is -2.34. The standard InChI is InChI=1S/C20H20Cl3N3O3/c1-25(19(27)14-8-17(23)24-9-16(14)22)10-12-6-7-26(11-12)20(28)13-4-3-5-15(21)18(13)29-2/h3-5,8-9,12H,6-7,10-11H2,1-2H3. The number of aromatic nitrogens is 1. The second-order valence-electron chi connectivity index (χ2n) is 6.90. The summed E-state index contributed by atoms with van der Waals surface area (Å²) in [7, 11) is 3.19. The Morgan fingerprint density at radius 2 is 2.00 bits per heavy atom. The molecule has 6 nitrogen and oxygen atoms in total. The van der Waals surface area contributed by atoms with Gasteiger partial charge in [-0.2, -0.15) is 0 Å². The molecule has 2 amide bonds. The van der Waals surface area contributed by atoms with Gasteiger partial charge in [-0.05, 0) is 30.5 Å². The summed E-state index contributed by atoms with van der Waals surface area (Å²) in [5.41, 5.74) is 0.743. The molecule has 1 aromatic heterocycles. The van der Waals surface area contributed by atoms with E-state index in [9.17, 15) is 9.59 Å². The maximum absolute atomic E-state index is 12.9. The lowest BCUT2D eigenvalue weighted by Gasteiger charge is -2.23. The zero-order valence-electron chi connectivity index (χ0n) is 16.0. The summed E-state index contributed by atoms with van der Waals surface area (Å²) < 4.78 is 5.29. The van der Waals surface area contributed by atoms with Gasteiger partial charge in [-0.3, -0.25) is 9.59 Å². The number of halogens is 3. The molecule has 0 radical (unpaired) electrons. The molecule has 29 heavy (non-hydrogen) atoms. The van der Waals surface area contributed by atoms with Crippen LogP contribution in [0.3, 0.4) is 0 Å². The number of hydrogen-bond donors (Lipinski definition) is 0. The molecule has 154 valence electrons. The second-order valence-corrected chi connectivity index (χ2v) is 8.10. The van der Waals surface area contributed by atoms with Crippen LogP contribution in [0.4, 0.5) is 0 Å². The van der Waals surface area contributed by atoms with Crippen molar-refractivity contribution in [1.82, 2.24) is 14.8 Å². The van der Waals surface area contributed by atoms with Gasteiger partial charge in [0.25, 0.3) is 11.8 Å². The van der Waals surface area contributed by atoms with E-state index in [2.05, 4.69) is 4.98 Å². The highest BCUT2D eigenvalue weighted by Crippen LogP contribution is 2.31. The Morgan fingerprint density at radius 3 is 2.72 bits per heavy atom. The highest BCUT2D eigenvalue weighted by molar-refractivity contribution is 6.35. The van der Waals surface area contributed by atoms with Gasteiger partial charge >= 0.3 is 0 Å². The first kappa shape index (κ1) is 21.7. The van der Waals surface area contributed by atoms with Crippen LogP contribution in [-0.4, -0.2) is 60.4 Å². The summed E-state index contributed by atoms with van der Waals surface area (Å²) in [5.74, 6) is 0.152. The molecule has 3 rings (SSSR count). The number of pyridine rings is 1. The summed E-state index contributed by atoms with van der Waals surface area (Å²) in [6.45, 7) is 1.63. The highest BCUT2D eigenvalue weighted by atomic mass is 35.5. The molecule has 1 unspecified atom stereocenters. The minimum Gasteiger partial charge on any atom is -0.494 e. The van der Waals surface area contributed by atoms with Crippen LogP contribution >= 0.6 is 34.8 Å². The molecule has 2 aromatic rings. The molecule has 1 aliphatic heterocycles. The zero-order valence-corrected chi connectivity index (χ0v) is 18.3. The first-order valence-corrected chi connectivity index (χ1v) is 10.1. The predicted molar refractivity (Wildman–Crippen MR) is 113 cm³/mol. The van der Waals surface area contributed by atoms with Crippen molar-refractivity contribution >= 4 is 46.6 Å². The molecule has 0 saturated carbocycles. The summed E-state index contributed by atoms with van der Waals surface area (Å²) in [6, 6.07) is 6.56. The van der Waals surface area contributed by atoms with Crippen LogP contribution in [0.15, 0.2) is 30.5 Å². The first-order valence-electron chi connectivity index (χ1n) is 9.00. The van der Waals surface area contributed by atoms with Crippen LogP contribution < -0.4 is 4.74 Å². The second kappa shape index (κ2) is 9.20. The number of para-hydroxylation sites is 1. The van der Waals surface area contributed by atoms with Gasteiger partial charge in [0.2, 0.25) is 0 Å². The quantitative estimate of drug-likeness (QED) is 0.630. The molecule has 1 saturated heterocycles. The van der Waals surface area contributed by atoms with Crippen molar-refractivity contribution in [3.8, 4) is 5.75 Å². The van der Waals surface area contributed by atoms with Crippen molar-refractivity contribution in [3.05, 3.63) is 56.8 Å². The van der Waals surface area contributed by atoms with E-state index >= 15 is 0 Å². The fraction of sp³-hybridized carbons (Fsp3) is 0.350. The van der Waals surface area contributed by atoms with Crippen molar-refractivity contribution in [2.75, 3.05) is 33.8 Å². The van der Waals surface area contributed by atoms with E-state index < -0.39 is 0 Å². The van der Waals surface area contributed by atoms with Gasteiger partial charge in [0.05, 0.1) is 28.3 Å². The molecule has 0 aliphatic carbocycles. The third-order valence-corrected chi connectivity index (χ3v) is 5.71. The number of hydrogen-bond acceptors (Lipinski definition) is 4. The fourth-order valence-electron chi connectivity index (χ4n) is 3.47. The Hall–Kier alpha value is -2.02. The average Bonchev–Trinajstić information content (AvgIpc) is 3.16.